The standard InChI is InChI=1S/C28H26F2N2O7/c1-26(2)36-14-18(37-26)13-32-12-17(16-7-5-4-6-8-16)9-20(24(32)33)31-25(34)27(3)15-35-21-11-23-22(10-19(21)27)38-28(29,30)39-23/h4-12,18H,13-15H2,1-3H3,(H,31,34)/t18-,27?/m1/s1. The number of pyridine rings is 1. The number of carbonyl (C=O) groups is 1. The molecule has 39 heavy (non-hydrogen) atoms. The summed E-state index contributed by atoms with van der Waals surface area (Å²) in [5, 5.41) is 2.76. The van der Waals surface area contributed by atoms with Gasteiger partial charge >= 0.3 is 6.29 Å². The van der Waals surface area contributed by atoms with Crippen LogP contribution in [0.25, 0.3) is 11.1 Å². The number of ether oxygens (including phenoxy) is 5. The molecule has 2 atom stereocenters. The fourth-order valence-corrected chi connectivity index (χ4v) is 5.00. The normalized spacial score (nSPS) is 23.8. The van der Waals surface area contributed by atoms with Gasteiger partial charge in [0.1, 0.15) is 29.6 Å². The number of carbonyl (C=O) groups excluding carboxylic acids is 1. The summed E-state index contributed by atoms with van der Waals surface area (Å²) in [7, 11) is 0. The van der Waals surface area contributed by atoms with Crippen LogP contribution in [0.5, 0.6) is 17.2 Å². The van der Waals surface area contributed by atoms with Crippen molar-refractivity contribution in [2.75, 3.05) is 18.5 Å². The van der Waals surface area contributed by atoms with E-state index in [-0.39, 0.29) is 42.2 Å². The first kappa shape index (κ1) is 25.3. The van der Waals surface area contributed by atoms with E-state index < -0.39 is 29.0 Å². The maximum Gasteiger partial charge on any atom is 0.586 e. The zero-order valence-electron chi connectivity index (χ0n) is 21.5. The first-order valence-electron chi connectivity index (χ1n) is 12.4. The van der Waals surface area contributed by atoms with Crippen LogP contribution < -0.4 is 25.1 Å². The molecule has 4 heterocycles. The van der Waals surface area contributed by atoms with Crippen LogP contribution >= 0.6 is 0 Å². The van der Waals surface area contributed by atoms with Crippen LogP contribution in [0.4, 0.5) is 14.5 Å². The Labute approximate surface area is 222 Å². The molecular formula is C28H26F2N2O7. The van der Waals surface area contributed by atoms with Crippen molar-refractivity contribution in [2.45, 2.75) is 50.9 Å². The fourth-order valence-electron chi connectivity index (χ4n) is 5.00. The zero-order valence-corrected chi connectivity index (χ0v) is 21.5. The van der Waals surface area contributed by atoms with E-state index in [0.29, 0.717) is 17.7 Å². The van der Waals surface area contributed by atoms with E-state index >= 15 is 0 Å². The Morgan fingerprint density at radius 3 is 2.44 bits per heavy atom. The van der Waals surface area contributed by atoms with E-state index in [4.69, 9.17) is 14.2 Å². The first-order valence-corrected chi connectivity index (χ1v) is 12.4. The number of amides is 1. The van der Waals surface area contributed by atoms with Crippen molar-refractivity contribution in [2.24, 2.45) is 0 Å². The molecule has 1 aromatic heterocycles. The van der Waals surface area contributed by atoms with Crippen LogP contribution in [0.2, 0.25) is 0 Å². The minimum absolute atomic E-state index is 0.0569. The van der Waals surface area contributed by atoms with Gasteiger partial charge < -0.3 is 33.6 Å². The molecule has 2 aromatic carbocycles. The third kappa shape index (κ3) is 4.61. The minimum Gasteiger partial charge on any atom is -0.492 e. The van der Waals surface area contributed by atoms with E-state index in [1.54, 1.807) is 33.0 Å². The van der Waals surface area contributed by atoms with Crippen LogP contribution in [0.3, 0.4) is 0 Å². The molecule has 0 aliphatic carbocycles. The molecule has 204 valence electrons. The van der Waals surface area contributed by atoms with Crippen molar-refractivity contribution >= 4 is 11.6 Å². The predicted molar refractivity (Wildman–Crippen MR) is 135 cm³/mol. The van der Waals surface area contributed by atoms with Crippen molar-refractivity contribution in [1.29, 1.82) is 0 Å². The number of hydrogen-bond donors (Lipinski definition) is 1. The molecule has 3 aromatic rings. The second kappa shape index (κ2) is 8.78. The molecule has 6 rings (SSSR count). The number of rotatable bonds is 5. The first-order chi connectivity index (χ1) is 18.4. The molecule has 0 saturated carbocycles. The molecule has 0 spiro atoms. The maximum atomic E-state index is 13.7. The van der Waals surface area contributed by atoms with Gasteiger partial charge in [-0.2, -0.15) is 0 Å². The quantitative estimate of drug-likeness (QED) is 0.516. The van der Waals surface area contributed by atoms with E-state index in [0.717, 1.165) is 5.56 Å². The van der Waals surface area contributed by atoms with Crippen molar-refractivity contribution in [1.82, 2.24) is 4.57 Å². The third-order valence-corrected chi connectivity index (χ3v) is 7.02. The predicted octanol–water partition coefficient (Wildman–Crippen LogP) is 4.28. The molecule has 0 radical (unpaired) electrons. The number of alkyl halides is 2. The number of anilines is 1. The SMILES string of the molecule is CC1(C)OC[C@@H](Cn2cc(-c3ccccc3)cc(NC(=O)C3(C)COc4cc5c(cc43)OC(F)(F)O5)c2=O)O1. The topological polar surface area (TPSA) is 97.3 Å². The Hall–Kier alpha value is -3.96. The lowest BCUT2D eigenvalue weighted by atomic mass is 9.83. The zero-order chi connectivity index (χ0) is 27.6. The molecule has 1 amide bonds. The summed E-state index contributed by atoms with van der Waals surface area (Å²) in [6.07, 6.45) is -2.44. The van der Waals surface area contributed by atoms with Gasteiger partial charge in [0.05, 0.1) is 13.2 Å². The lowest BCUT2D eigenvalue weighted by Gasteiger charge is -2.23. The molecule has 1 saturated heterocycles. The van der Waals surface area contributed by atoms with Gasteiger partial charge in [-0.15, -0.1) is 8.78 Å². The van der Waals surface area contributed by atoms with Crippen LogP contribution in [0, 0.1) is 0 Å². The summed E-state index contributed by atoms with van der Waals surface area (Å²) >= 11 is 0. The monoisotopic (exact) mass is 540 g/mol. The molecule has 1 N–H and O–H groups in total. The summed E-state index contributed by atoms with van der Waals surface area (Å²) in [5.74, 6) is -1.45. The average Bonchev–Trinajstić information content (AvgIpc) is 3.51. The number of nitrogens with zero attached hydrogens (tertiary/aromatic N) is 1. The van der Waals surface area contributed by atoms with Crippen LogP contribution in [0.15, 0.2) is 59.5 Å². The van der Waals surface area contributed by atoms with E-state index in [2.05, 4.69) is 14.8 Å². The second-order valence-corrected chi connectivity index (χ2v) is 10.5. The average molecular weight is 541 g/mol. The van der Waals surface area contributed by atoms with Crippen LogP contribution in [-0.2, 0) is 26.2 Å². The Kier molecular flexibility index (Phi) is 5.70. The van der Waals surface area contributed by atoms with Gasteiger partial charge in [-0.1, -0.05) is 30.3 Å². The highest BCUT2D eigenvalue weighted by Gasteiger charge is 2.49. The minimum atomic E-state index is -3.80. The maximum absolute atomic E-state index is 13.7. The highest BCUT2D eigenvalue weighted by atomic mass is 19.3. The summed E-state index contributed by atoms with van der Waals surface area (Å²) in [5.41, 5.74) is 0.240. The summed E-state index contributed by atoms with van der Waals surface area (Å²) in [6, 6.07) is 13.6. The number of halogens is 2. The molecule has 3 aliphatic rings. The number of nitrogens with one attached hydrogen (secondary N) is 1. The Morgan fingerprint density at radius 2 is 1.74 bits per heavy atom. The fraction of sp³-hybridized carbons (Fsp3) is 0.357. The van der Waals surface area contributed by atoms with Crippen LogP contribution in [0.1, 0.15) is 26.3 Å². The van der Waals surface area contributed by atoms with Crippen molar-refractivity contribution < 1.29 is 37.3 Å². The summed E-state index contributed by atoms with van der Waals surface area (Å²) in [4.78, 5) is 27.2. The summed E-state index contributed by atoms with van der Waals surface area (Å²) in [6.45, 7) is 5.68. The lowest BCUT2D eigenvalue weighted by Crippen LogP contribution is -2.41. The van der Waals surface area contributed by atoms with Gasteiger partial charge in [-0.25, -0.2) is 0 Å². The lowest BCUT2D eigenvalue weighted by molar-refractivity contribution is -0.286. The smallest absolute Gasteiger partial charge is 0.492 e. The van der Waals surface area contributed by atoms with Crippen LogP contribution in [-0.4, -0.2) is 41.9 Å². The molecule has 9 nitrogen and oxygen atoms in total. The van der Waals surface area contributed by atoms with Crippen molar-refractivity contribution in [3.05, 3.63) is 70.6 Å². The number of benzene rings is 2. The molecule has 11 heteroatoms. The van der Waals surface area contributed by atoms with Crippen molar-refractivity contribution in [3.8, 4) is 28.4 Å². The van der Waals surface area contributed by atoms with Gasteiger partial charge in [0, 0.05) is 23.4 Å². The Bertz CT molecular complexity index is 1520. The van der Waals surface area contributed by atoms with Gasteiger partial charge in [-0.3, -0.25) is 9.59 Å². The molecule has 3 aliphatic heterocycles. The number of hydrogen-bond acceptors (Lipinski definition) is 7. The Morgan fingerprint density at radius 1 is 1.03 bits per heavy atom. The molecular weight excluding hydrogens is 514 g/mol. The van der Waals surface area contributed by atoms with Gasteiger partial charge in [0.2, 0.25) is 5.91 Å². The Balaban J connectivity index is 1.34. The summed E-state index contributed by atoms with van der Waals surface area (Å²) < 4.78 is 55.0. The highest BCUT2D eigenvalue weighted by molar-refractivity contribution is 6.00. The largest absolute Gasteiger partial charge is 0.586 e. The third-order valence-electron chi connectivity index (χ3n) is 7.02. The number of fused-ring (bicyclic) bond motifs is 2. The second-order valence-electron chi connectivity index (χ2n) is 10.5. The van der Waals surface area contributed by atoms with E-state index in [1.165, 1.54) is 16.7 Å². The van der Waals surface area contributed by atoms with E-state index in [1.807, 2.05) is 30.3 Å². The van der Waals surface area contributed by atoms with Gasteiger partial charge in [-0.05, 0) is 38.5 Å². The van der Waals surface area contributed by atoms with E-state index in [9.17, 15) is 18.4 Å². The number of aromatic nitrogens is 1. The molecule has 1 unspecified atom stereocenters. The van der Waals surface area contributed by atoms with Gasteiger partial charge in [0.25, 0.3) is 5.56 Å². The molecule has 1 fully saturated rings. The molecule has 0 bridgehead atoms. The van der Waals surface area contributed by atoms with Gasteiger partial charge in [0.15, 0.2) is 17.3 Å². The highest BCUT2D eigenvalue weighted by Crippen LogP contribution is 2.50. The van der Waals surface area contributed by atoms with Crippen molar-refractivity contribution in [3.63, 3.8) is 0 Å².